The van der Waals surface area contributed by atoms with Crippen molar-refractivity contribution in [3.05, 3.63) is 65.2 Å². The average Bonchev–Trinajstić information content (AvgIpc) is 2.69. The summed E-state index contributed by atoms with van der Waals surface area (Å²) in [6, 6.07) is 15.2. The Morgan fingerprint density at radius 2 is 1.75 bits per heavy atom. The fourth-order valence-corrected chi connectivity index (χ4v) is 5.66. The largest absolute Gasteiger partial charge is 0.342 e. The summed E-state index contributed by atoms with van der Waals surface area (Å²) < 4.78 is 25.2. The zero-order chi connectivity index (χ0) is 19.8. The molecule has 0 aromatic heterocycles. The van der Waals surface area contributed by atoms with Crippen LogP contribution in [0.5, 0.6) is 0 Å². The molecule has 2 aliphatic heterocycles. The fraction of sp³-hybridized carbons (Fsp3) is 0.409. The van der Waals surface area contributed by atoms with Gasteiger partial charge in [-0.15, -0.1) is 0 Å². The first-order valence-corrected chi connectivity index (χ1v) is 11.4. The van der Waals surface area contributed by atoms with Crippen LogP contribution in [0, 0.1) is 6.92 Å². The van der Waals surface area contributed by atoms with E-state index in [1.54, 1.807) is 29.2 Å². The van der Waals surface area contributed by atoms with E-state index >= 15 is 0 Å². The molecule has 1 spiro atoms. The van der Waals surface area contributed by atoms with Crippen LogP contribution in [0.3, 0.4) is 0 Å². The number of aryl methyl sites for hydroxylation is 1. The van der Waals surface area contributed by atoms with Crippen LogP contribution >= 0.6 is 0 Å². The summed E-state index contributed by atoms with van der Waals surface area (Å²) in [6.45, 7) is 4.89. The smallest absolute Gasteiger partial charge is 0.238 e. The van der Waals surface area contributed by atoms with Crippen molar-refractivity contribution in [2.75, 3.05) is 25.4 Å². The van der Waals surface area contributed by atoms with Gasteiger partial charge in [0.25, 0.3) is 0 Å². The van der Waals surface area contributed by atoms with Crippen LogP contribution in [0.15, 0.2) is 53.4 Å². The van der Waals surface area contributed by atoms with Gasteiger partial charge in [-0.2, -0.15) is 0 Å². The van der Waals surface area contributed by atoms with Gasteiger partial charge in [-0.3, -0.25) is 4.79 Å². The van der Waals surface area contributed by atoms with Crippen LogP contribution in [-0.2, 0) is 26.6 Å². The van der Waals surface area contributed by atoms with E-state index in [9.17, 15) is 13.2 Å². The molecule has 1 N–H and O–H groups in total. The van der Waals surface area contributed by atoms with E-state index in [0.717, 1.165) is 31.5 Å². The van der Waals surface area contributed by atoms with E-state index in [4.69, 9.17) is 0 Å². The molecule has 0 unspecified atom stereocenters. The van der Waals surface area contributed by atoms with Crippen molar-refractivity contribution in [1.29, 1.82) is 0 Å². The monoisotopic (exact) mass is 398 g/mol. The molecule has 2 heterocycles. The van der Waals surface area contributed by atoms with Crippen LogP contribution in [0.4, 0.5) is 0 Å². The molecular formula is C22H26N2O3S. The van der Waals surface area contributed by atoms with E-state index in [0.29, 0.717) is 13.1 Å². The van der Waals surface area contributed by atoms with Crippen molar-refractivity contribution in [2.24, 2.45) is 0 Å². The molecule has 28 heavy (non-hydrogen) atoms. The van der Waals surface area contributed by atoms with E-state index in [2.05, 4.69) is 29.6 Å². The number of sulfone groups is 1. The fourth-order valence-electron chi connectivity index (χ4n) is 4.44. The van der Waals surface area contributed by atoms with Crippen molar-refractivity contribution in [2.45, 2.75) is 36.6 Å². The van der Waals surface area contributed by atoms with Crippen molar-refractivity contribution >= 4 is 15.7 Å². The first kappa shape index (κ1) is 19.2. The lowest BCUT2D eigenvalue weighted by Gasteiger charge is -2.45. The maximum atomic E-state index is 12.7. The molecule has 2 aromatic rings. The molecule has 2 aromatic carbocycles. The zero-order valence-corrected chi connectivity index (χ0v) is 17.0. The Bertz CT molecular complexity index is 975. The number of amides is 1. The lowest BCUT2D eigenvalue weighted by atomic mass is 9.69. The van der Waals surface area contributed by atoms with Gasteiger partial charge >= 0.3 is 0 Å². The van der Waals surface area contributed by atoms with Crippen molar-refractivity contribution < 1.29 is 13.2 Å². The maximum absolute atomic E-state index is 12.7. The van der Waals surface area contributed by atoms with Gasteiger partial charge in [-0.1, -0.05) is 42.0 Å². The van der Waals surface area contributed by atoms with Gasteiger partial charge in [0.05, 0.1) is 4.90 Å². The molecule has 2 aliphatic rings. The van der Waals surface area contributed by atoms with E-state index in [1.807, 2.05) is 6.92 Å². The molecule has 1 saturated heterocycles. The minimum atomic E-state index is -3.61. The minimum absolute atomic E-state index is 0.0431. The second kappa shape index (κ2) is 7.33. The number of piperidine rings is 1. The van der Waals surface area contributed by atoms with Crippen molar-refractivity contribution in [3.63, 3.8) is 0 Å². The molecule has 0 atom stereocenters. The molecule has 0 radical (unpaired) electrons. The summed E-state index contributed by atoms with van der Waals surface area (Å²) in [4.78, 5) is 14.6. The number of nitrogens with zero attached hydrogens (tertiary/aromatic N) is 1. The van der Waals surface area contributed by atoms with Gasteiger partial charge in [-0.05, 0) is 43.0 Å². The Labute approximate surface area is 166 Å². The van der Waals surface area contributed by atoms with Crippen molar-refractivity contribution in [3.8, 4) is 0 Å². The van der Waals surface area contributed by atoms with Crippen LogP contribution in [0.25, 0.3) is 0 Å². The number of hydrogen-bond donors (Lipinski definition) is 1. The molecule has 148 valence electrons. The Hall–Kier alpha value is -2.18. The SMILES string of the molecule is Cc1ccc(S(=O)(=O)CC(=O)N2CCC3(CC2)CNCc2ccccc23)cc1. The minimum Gasteiger partial charge on any atom is -0.342 e. The molecule has 0 aliphatic carbocycles. The van der Waals surface area contributed by atoms with Gasteiger partial charge in [0.2, 0.25) is 5.91 Å². The first-order chi connectivity index (χ1) is 13.4. The van der Waals surface area contributed by atoms with E-state index in [1.165, 1.54) is 11.1 Å². The van der Waals surface area contributed by atoms with Crippen LogP contribution < -0.4 is 5.32 Å². The summed E-state index contributed by atoms with van der Waals surface area (Å²) in [5.74, 6) is -0.759. The third-order valence-corrected chi connectivity index (χ3v) is 7.75. The average molecular weight is 399 g/mol. The van der Waals surface area contributed by atoms with Gasteiger partial charge in [-0.25, -0.2) is 8.42 Å². The van der Waals surface area contributed by atoms with Gasteiger partial charge in [0.1, 0.15) is 5.75 Å². The third kappa shape index (κ3) is 3.59. The molecule has 1 fully saturated rings. The van der Waals surface area contributed by atoms with Gasteiger partial charge < -0.3 is 10.2 Å². The number of carbonyl (C=O) groups is 1. The Morgan fingerprint density at radius 3 is 2.46 bits per heavy atom. The van der Waals surface area contributed by atoms with Crippen LogP contribution in [0.1, 0.15) is 29.5 Å². The highest BCUT2D eigenvalue weighted by Gasteiger charge is 2.40. The van der Waals surface area contributed by atoms with Gasteiger partial charge in [0, 0.05) is 31.6 Å². The van der Waals surface area contributed by atoms with Gasteiger partial charge in [0.15, 0.2) is 9.84 Å². The predicted octanol–water partition coefficient (Wildman–Crippen LogP) is 2.43. The summed E-state index contributed by atoms with van der Waals surface area (Å²) in [5, 5.41) is 3.51. The van der Waals surface area contributed by atoms with Crippen molar-refractivity contribution in [1.82, 2.24) is 10.2 Å². The highest BCUT2D eigenvalue weighted by molar-refractivity contribution is 7.92. The number of benzene rings is 2. The van der Waals surface area contributed by atoms with Crippen LogP contribution in [0.2, 0.25) is 0 Å². The number of fused-ring (bicyclic) bond motifs is 2. The number of carbonyl (C=O) groups excluding carboxylic acids is 1. The summed E-state index contributed by atoms with van der Waals surface area (Å²) in [7, 11) is -3.61. The molecule has 0 bridgehead atoms. The standard InChI is InChI=1S/C22H26N2O3S/c1-17-6-8-19(9-7-17)28(26,27)15-21(25)24-12-10-22(11-13-24)16-23-14-18-4-2-3-5-20(18)22/h2-9,23H,10-16H2,1H3. The Kier molecular flexibility index (Phi) is 5.02. The second-order valence-electron chi connectivity index (χ2n) is 7.99. The molecule has 0 saturated carbocycles. The number of hydrogen-bond acceptors (Lipinski definition) is 4. The normalized spacial score (nSPS) is 18.7. The van der Waals surface area contributed by atoms with E-state index in [-0.39, 0.29) is 16.2 Å². The summed E-state index contributed by atoms with van der Waals surface area (Å²) in [5.41, 5.74) is 3.75. The lowest BCUT2D eigenvalue weighted by molar-refractivity contribution is -0.130. The molecule has 6 heteroatoms. The Morgan fingerprint density at radius 1 is 1.07 bits per heavy atom. The highest BCUT2D eigenvalue weighted by atomic mass is 32.2. The van der Waals surface area contributed by atoms with E-state index < -0.39 is 15.6 Å². The number of nitrogens with one attached hydrogen (secondary N) is 1. The zero-order valence-electron chi connectivity index (χ0n) is 16.1. The lowest BCUT2D eigenvalue weighted by Crippen LogP contribution is -2.52. The molecule has 5 nitrogen and oxygen atoms in total. The summed E-state index contributed by atoms with van der Waals surface area (Å²) >= 11 is 0. The Balaban J connectivity index is 1.44. The third-order valence-electron chi connectivity index (χ3n) is 6.13. The predicted molar refractivity (Wildman–Crippen MR) is 109 cm³/mol. The first-order valence-electron chi connectivity index (χ1n) is 9.76. The molecule has 1 amide bonds. The topological polar surface area (TPSA) is 66.5 Å². The highest BCUT2D eigenvalue weighted by Crippen LogP contribution is 2.39. The second-order valence-corrected chi connectivity index (χ2v) is 9.98. The summed E-state index contributed by atoms with van der Waals surface area (Å²) in [6.07, 6.45) is 1.71. The number of rotatable bonds is 3. The maximum Gasteiger partial charge on any atom is 0.238 e. The quantitative estimate of drug-likeness (QED) is 0.862. The molecular weight excluding hydrogens is 372 g/mol. The molecule has 4 rings (SSSR count). The van der Waals surface area contributed by atoms with Crippen LogP contribution in [-0.4, -0.2) is 44.6 Å². The number of likely N-dealkylation sites (tertiary alicyclic amines) is 1.